The molecule has 5 nitrogen and oxygen atoms in total. The van der Waals surface area contributed by atoms with Crippen molar-refractivity contribution in [2.24, 2.45) is 0 Å². The summed E-state index contributed by atoms with van der Waals surface area (Å²) in [4.78, 5) is 2.42. The van der Waals surface area contributed by atoms with Crippen LogP contribution in [0.5, 0.6) is 23.0 Å². The van der Waals surface area contributed by atoms with Crippen molar-refractivity contribution in [1.29, 1.82) is 0 Å². The Kier molecular flexibility index (Phi) is 6.20. The number of anilines is 3. The molecule has 0 saturated carbocycles. The topological polar surface area (TPSA) is 31.6 Å². The summed E-state index contributed by atoms with van der Waals surface area (Å²) in [6, 6.07) is 66.5. The second-order valence-electron chi connectivity index (χ2n) is 17.2. The summed E-state index contributed by atoms with van der Waals surface area (Å²) >= 11 is 0. The standard InChI is InChI=1S/C55H33B2N3O2/c1-32-14-5-8-21-41(32)59-43-23-10-7-19-37(43)56-39-30-40-50(31-49(39)61-47-26-12-24-45(59)52(47)56)62-48-27-13-25-46-53(48)57(40)38-20-11-18-36-51-44(60(46)54(36)38)29-28-35-34-17-6-9-22-42(34)58(55(35)51)33-15-3-2-4-16-33/h2-31H,1H3. The van der Waals surface area contributed by atoms with Gasteiger partial charge in [-0.25, -0.2) is 0 Å². The minimum atomic E-state index is -0.0508. The summed E-state index contributed by atoms with van der Waals surface area (Å²) < 4.78 is 19.0. The van der Waals surface area contributed by atoms with Crippen LogP contribution in [0.25, 0.3) is 55.0 Å². The van der Waals surface area contributed by atoms with Gasteiger partial charge < -0.3 is 23.5 Å². The lowest BCUT2D eigenvalue weighted by Gasteiger charge is -2.41. The number of rotatable bonds is 2. The zero-order valence-electron chi connectivity index (χ0n) is 33.6. The third kappa shape index (κ3) is 4.02. The van der Waals surface area contributed by atoms with Gasteiger partial charge in [0.2, 0.25) is 0 Å². The van der Waals surface area contributed by atoms with Crippen LogP contribution in [-0.4, -0.2) is 22.6 Å². The van der Waals surface area contributed by atoms with E-state index in [1.54, 1.807) is 0 Å². The molecule has 9 aromatic carbocycles. The number of ether oxygens (including phenoxy) is 2. The Labute approximate surface area is 357 Å². The Morgan fingerprint density at radius 3 is 1.84 bits per heavy atom. The quantitative estimate of drug-likeness (QED) is 0.164. The molecule has 15 rings (SSSR count). The molecule has 286 valence electrons. The molecule has 0 unspecified atom stereocenters. The predicted octanol–water partition coefficient (Wildman–Crippen LogP) is 9.53. The lowest BCUT2D eigenvalue weighted by molar-refractivity contribution is 0.465. The second-order valence-corrected chi connectivity index (χ2v) is 17.2. The van der Waals surface area contributed by atoms with Crippen LogP contribution in [0.1, 0.15) is 5.56 Å². The second kappa shape index (κ2) is 11.7. The zero-order chi connectivity index (χ0) is 40.4. The molecule has 11 aromatic rings. The van der Waals surface area contributed by atoms with Gasteiger partial charge in [-0.05, 0) is 106 Å². The fourth-order valence-electron chi connectivity index (χ4n) is 11.7. The average molecular weight is 790 g/mol. The number of benzene rings is 9. The largest absolute Gasteiger partial charge is 0.458 e. The third-order valence-corrected chi connectivity index (χ3v) is 14.1. The molecule has 4 aliphatic rings. The van der Waals surface area contributed by atoms with Crippen LogP contribution in [0.15, 0.2) is 182 Å². The minimum absolute atomic E-state index is 0.0256. The van der Waals surface area contributed by atoms with E-state index < -0.39 is 0 Å². The van der Waals surface area contributed by atoms with Gasteiger partial charge in [-0.15, -0.1) is 0 Å². The van der Waals surface area contributed by atoms with E-state index in [9.17, 15) is 0 Å². The van der Waals surface area contributed by atoms with Crippen LogP contribution in [0.2, 0.25) is 0 Å². The smallest absolute Gasteiger partial charge is 0.256 e. The van der Waals surface area contributed by atoms with Gasteiger partial charge in [0, 0.05) is 61.6 Å². The van der Waals surface area contributed by atoms with Gasteiger partial charge in [-0.2, -0.15) is 0 Å². The maximum atomic E-state index is 7.02. The van der Waals surface area contributed by atoms with E-state index in [1.165, 1.54) is 87.9 Å². The lowest BCUT2D eigenvalue weighted by Crippen LogP contribution is -2.62. The Balaban J connectivity index is 1.00. The number of hydrogen-bond acceptors (Lipinski definition) is 3. The molecule has 0 spiro atoms. The lowest BCUT2D eigenvalue weighted by atomic mass is 9.31. The molecule has 6 heterocycles. The average Bonchev–Trinajstić information content (AvgIpc) is 3.84. The van der Waals surface area contributed by atoms with E-state index in [-0.39, 0.29) is 13.4 Å². The van der Waals surface area contributed by atoms with Crippen molar-refractivity contribution < 1.29 is 9.47 Å². The van der Waals surface area contributed by atoms with Crippen LogP contribution in [0.3, 0.4) is 0 Å². The summed E-state index contributed by atoms with van der Waals surface area (Å²) in [5.74, 6) is 3.46. The van der Waals surface area contributed by atoms with Crippen molar-refractivity contribution in [3.63, 3.8) is 0 Å². The van der Waals surface area contributed by atoms with Crippen LogP contribution >= 0.6 is 0 Å². The fourth-order valence-corrected chi connectivity index (χ4v) is 11.7. The number of fused-ring (bicyclic) bond motifs is 15. The molecule has 0 saturated heterocycles. The molecule has 7 heteroatoms. The summed E-state index contributed by atoms with van der Waals surface area (Å²) in [7, 11) is 0. The molecule has 0 bridgehead atoms. The molecule has 0 N–H and O–H groups in total. The molecular formula is C55H33B2N3O2. The molecule has 0 atom stereocenters. The van der Waals surface area contributed by atoms with Crippen molar-refractivity contribution in [2.45, 2.75) is 6.92 Å². The van der Waals surface area contributed by atoms with Crippen molar-refractivity contribution >= 4 is 107 Å². The number of aryl methyl sites for hydroxylation is 1. The van der Waals surface area contributed by atoms with E-state index in [0.29, 0.717) is 0 Å². The molecule has 4 aliphatic heterocycles. The van der Waals surface area contributed by atoms with E-state index in [0.717, 1.165) is 45.5 Å². The summed E-state index contributed by atoms with van der Waals surface area (Å²) in [6.07, 6.45) is 0. The monoisotopic (exact) mass is 789 g/mol. The van der Waals surface area contributed by atoms with Gasteiger partial charge in [-0.3, -0.25) is 0 Å². The molecule has 62 heavy (non-hydrogen) atoms. The Bertz CT molecular complexity index is 3810. The Morgan fingerprint density at radius 1 is 0.387 bits per heavy atom. The molecule has 0 aliphatic carbocycles. The fraction of sp³-hybridized carbons (Fsp3) is 0.0182. The Hall–Kier alpha value is -7.89. The summed E-state index contributed by atoms with van der Waals surface area (Å²) in [5.41, 5.74) is 19.2. The number of aromatic nitrogens is 2. The number of hydrogen-bond donors (Lipinski definition) is 0. The van der Waals surface area contributed by atoms with Crippen LogP contribution in [-0.2, 0) is 0 Å². The number of nitrogens with zero attached hydrogens (tertiary/aromatic N) is 3. The van der Waals surface area contributed by atoms with E-state index in [2.05, 4.69) is 203 Å². The Morgan fingerprint density at radius 2 is 1.02 bits per heavy atom. The van der Waals surface area contributed by atoms with Gasteiger partial charge in [0.1, 0.15) is 23.0 Å². The van der Waals surface area contributed by atoms with Crippen molar-refractivity contribution in [3.8, 4) is 34.4 Å². The molecular weight excluding hydrogens is 756 g/mol. The first-order valence-corrected chi connectivity index (χ1v) is 21.5. The van der Waals surface area contributed by atoms with Crippen molar-refractivity contribution in [2.75, 3.05) is 4.90 Å². The van der Waals surface area contributed by atoms with Crippen LogP contribution < -0.4 is 47.2 Å². The van der Waals surface area contributed by atoms with E-state index in [4.69, 9.17) is 9.47 Å². The maximum absolute atomic E-state index is 7.02. The SMILES string of the molecule is Cc1ccccc1N1c2ccccc2B2c3cc4c(cc3Oc3cccc1c32)Oc1cccc2c1B4c1cccc3c4c(ccc5c6ccccc6n(-c6ccccc6)c54)n-2c13. The van der Waals surface area contributed by atoms with Gasteiger partial charge in [-0.1, -0.05) is 115 Å². The highest BCUT2D eigenvalue weighted by Gasteiger charge is 2.46. The molecule has 0 fully saturated rings. The van der Waals surface area contributed by atoms with E-state index >= 15 is 0 Å². The first-order valence-electron chi connectivity index (χ1n) is 21.5. The molecule has 2 aromatic heterocycles. The summed E-state index contributed by atoms with van der Waals surface area (Å²) in [6.45, 7) is 2.12. The minimum Gasteiger partial charge on any atom is -0.458 e. The van der Waals surface area contributed by atoms with Gasteiger partial charge >= 0.3 is 0 Å². The van der Waals surface area contributed by atoms with Crippen molar-refractivity contribution in [1.82, 2.24) is 9.13 Å². The predicted molar refractivity (Wildman–Crippen MR) is 257 cm³/mol. The zero-order valence-corrected chi connectivity index (χ0v) is 33.6. The number of para-hydroxylation sites is 5. The van der Waals surface area contributed by atoms with Gasteiger partial charge in [0.05, 0.1) is 16.6 Å². The van der Waals surface area contributed by atoms with Crippen molar-refractivity contribution in [3.05, 3.63) is 188 Å². The third-order valence-electron chi connectivity index (χ3n) is 14.1. The molecule has 0 radical (unpaired) electrons. The highest BCUT2D eigenvalue weighted by Crippen LogP contribution is 2.45. The van der Waals surface area contributed by atoms with Crippen LogP contribution in [0, 0.1) is 6.92 Å². The molecule has 0 amide bonds. The van der Waals surface area contributed by atoms with E-state index in [1.807, 2.05) is 0 Å². The highest BCUT2D eigenvalue weighted by molar-refractivity contribution is 7.02. The normalized spacial score (nSPS) is 13.7. The first-order chi connectivity index (χ1) is 30.7. The van der Waals surface area contributed by atoms with Crippen LogP contribution in [0.4, 0.5) is 17.1 Å². The van der Waals surface area contributed by atoms with Gasteiger partial charge in [0.15, 0.2) is 0 Å². The highest BCUT2D eigenvalue weighted by atomic mass is 16.5. The maximum Gasteiger partial charge on any atom is 0.256 e. The first kappa shape index (κ1) is 32.9. The summed E-state index contributed by atoms with van der Waals surface area (Å²) in [5, 5.41) is 5.02. The van der Waals surface area contributed by atoms with Gasteiger partial charge in [0.25, 0.3) is 13.4 Å².